The first-order valence-corrected chi connectivity index (χ1v) is 10.1. The second kappa shape index (κ2) is 9.10. The van der Waals surface area contributed by atoms with Crippen molar-refractivity contribution in [1.82, 2.24) is 0 Å². The third-order valence-electron chi connectivity index (χ3n) is 4.55. The third kappa shape index (κ3) is 4.98. The molecule has 6 nitrogen and oxygen atoms in total. The number of aliphatic imine (C=N–C) groups is 1. The van der Waals surface area contributed by atoms with E-state index in [0.717, 1.165) is 22.4 Å². The summed E-state index contributed by atoms with van der Waals surface area (Å²) < 4.78 is 22.1. The van der Waals surface area contributed by atoms with Gasteiger partial charge in [0.25, 0.3) is 5.90 Å². The fourth-order valence-electron chi connectivity index (χ4n) is 2.99. The summed E-state index contributed by atoms with van der Waals surface area (Å²) in [6.45, 7) is 4.56. The lowest BCUT2D eigenvalue weighted by Gasteiger charge is -2.12. The maximum Gasteiger partial charge on any atom is 0.363 e. The Labute approximate surface area is 184 Å². The maximum absolute atomic E-state index is 12.2. The Morgan fingerprint density at radius 3 is 2.68 bits per heavy atom. The molecule has 2 heterocycles. The number of esters is 1. The summed E-state index contributed by atoms with van der Waals surface area (Å²) >= 11 is 6.04. The van der Waals surface area contributed by atoms with Crippen LogP contribution in [0.25, 0.3) is 6.08 Å². The molecule has 4 rings (SSSR count). The SMILES string of the molecule is Cc1ccc(OCCOc2ccc(Cl)c(C)c2)c(/C=C2/N=C(c3ccco3)OC2=O)c1. The highest BCUT2D eigenvalue weighted by molar-refractivity contribution is 6.31. The molecule has 1 aromatic heterocycles. The number of hydrogen-bond acceptors (Lipinski definition) is 6. The number of carbonyl (C=O) groups excluding carboxylic acids is 1. The molecule has 158 valence electrons. The van der Waals surface area contributed by atoms with Gasteiger partial charge in [0.05, 0.1) is 6.26 Å². The highest BCUT2D eigenvalue weighted by Gasteiger charge is 2.26. The lowest BCUT2D eigenvalue weighted by atomic mass is 10.1. The summed E-state index contributed by atoms with van der Waals surface area (Å²) in [6, 6.07) is 14.6. The molecular formula is C24H20ClNO5. The number of aryl methyl sites for hydroxylation is 2. The van der Waals surface area contributed by atoms with Crippen LogP contribution in [0.3, 0.4) is 0 Å². The number of halogens is 1. The van der Waals surface area contributed by atoms with Gasteiger partial charge in [0, 0.05) is 10.6 Å². The van der Waals surface area contributed by atoms with Gasteiger partial charge in [-0.15, -0.1) is 0 Å². The Bertz CT molecular complexity index is 1160. The van der Waals surface area contributed by atoms with Gasteiger partial charge in [0.1, 0.15) is 24.7 Å². The molecule has 0 aliphatic carbocycles. The van der Waals surface area contributed by atoms with Gasteiger partial charge in [-0.05, 0) is 68.0 Å². The van der Waals surface area contributed by atoms with Crippen molar-refractivity contribution in [3.63, 3.8) is 0 Å². The van der Waals surface area contributed by atoms with Crippen molar-refractivity contribution >= 4 is 29.5 Å². The first kappa shape index (κ1) is 20.8. The lowest BCUT2D eigenvalue weighted by molar-refractivity contribution is -0.130. The molecule has 0 atom stereocenters. The van der Waals surface area contributed by atoms with E-state index in [2.05, 4.69) is 4.99 Å². The standard InChI is InChI=1S/C24H20ClNO5/c1-15-5-8-21(30-11-10-28-18-6-7-19(25)16(2)13-18)17(12-15)14-20-24(27)31-23(26-20)22-4-3-9-29-22/h3-9,12-14H,10-11H2,1-2H3/b20-14+. The number of benzene rings is 2. The third-order valence-corrected chi connectivity index (χ3v) is 4.97. The van der Waals surface area contributed by atoms with E-state index >= 15 is 0 Å². The summed E-state index contributed by atoms with van der Waals surface area (Å²) in [5.74, 6) is 1.34. The van der Waals surface area contributed by atoms with Crippen LogP contribution in [-0.2, 0) is 9.53 Å². The number of ether oxygens (including phenoxy) is 3. The van der Waals surface area contributed by atoms with Crippen molar-refractivity contribution in [2.45, 2.75) is 13.8 Å². The molecule has 0 bridgehead atoms. The molecule has 0 N–H and O–H groups in total. The van der Waals surface area contributed by atoms with E-state index in [-0.39, 0.29) is 11.6 Å². The molecule has 0 amide bonds. The zero-order valence-corrected chi connectivity index (χ0v) is 17.8. The predicted molar refractivity (Wildman–Crippen MR) is 118 cm³/mol. The minimum absolute atomic E-state index is 0.142. The minimum atomic E-state index is -0.541. The molecular weight excluding hydrogens is 418 g/mol. The first-order valence-electron chi connectivity index (χ1n) is 9.68. The molecule has 7 heteroatoms. The van der Waals surface area contributed by atoms with Gasteiger partial charge in [-0.1, -0.05) is 23.2 Å². The zero-order valence-electron chi connectivity index (χ0n) is 17.1. The number of cyclic esters (lactones) is 1. The van der Waals surface area contributed by atoms with Crippen LogP contribution in [0.5, 0.6) is 11.5 Å². The van der Waals surface area contributed by atoms with Crippen LogP contribution < -0.4 is 9.47 Å². The van der Waals surface area contributed by atoms with E-state index in [1.807, 2.05) is 44.2 Å². The smallest absolute Gasteiger partial charge is 0.363 e. The monoisotopic (exact) mass is 437 g/mol. The van der Waals surface area contributed by atoms with Gasteiger partial charge in [0.2, 0.25) is 0 Å². The van der Waals surface area contributed by atoms with Gasteiger partial charge in [0.15, 0.2) is 11.5 Å². The minimum Gasteiger partial charge on any atom is -0.490 e. The molecule has 0 spiro atoms. The second-order valence-corrected chi connectivity index (χ2v) is 7.37. The average Bonchev–Trinajstić information content (AvgIpc) is 3.40. The summed E-state index contributed by atoms with van der Waals surface area (Å²) in [6.07, 6.45) is 3.14. The summed E-state index contributed by atoms with van der Waals surface area (Å²) in [5, 5.41) is 0.698. The van der Waals surface area contributed by atoms with E-state index in [1.54, 1.807) is 24.3 Å². The molecule has 1 aliphatic rings. The van der Waals surface area contributed by atoms with Crippen molar-refractivity contribution in [2.24, 2.45) is 4.99 Å². The van der Waals surface area contributed by atoms with E-state index in [0.29, 0.717) is 29.7 Å². The Morgan fingerprint density at radius 1 is 1.06 bits per heavy atom. The average molecular weight is 438 g/mol. The fourth-order valence-corrected chi connectivity index (χ4v) is 3.11. The molecule has 0 fully saturated rings. The molecule has 0 saturated carbocycles. The van der Waals surface area contributed by atoms with Crippen LogP contribution >= 0.6 is 11.6 Å². The first-order chi connectivity index (χ1) is 15.0. The lowest BCUT2D eigenvalue weighted by Crippen LogP contribution is -2.10. The van der Waals surface area contributed by atoms with Gasteiger partial charge in [-0.3, -0.25) is 0 Å². The quantitative estimate of drug-likeness (QED) is 0.283. The van der Waals surface area contributed by atoms with Crippen LogP contribution in [0.2, 0.25) is 5.02 Å². The van der Waals surface area contributed by atoms with Gasteiger partial charge in [-0.25, -0.2) is 9.79 Å². The van der Waals surface area contributed by atoms with Crippen LogP contribution in [0, 0.1) is 13.8 Å². The number of carbonyl (C=O) groups is 1. The van der Waals surface area contributed by atoms with E-state index in [9.17, 15) is 4.79 Å². The van der Waals surface area contributed by atoms with Crippen molar-refractivity contribution in [2.75, 3.05) is 13.2 Å². The van der Waals surface area contributed by atoms with Gasteiger partial charge in [-0.2, -0.15) is 0 Å². The molecule has 3 aromatic rings. The summed E-state index contributed by atoms with van der Waals surface area (Å²) in [4.78, 5) is 16.5. The highest BCUT2D eigenvalue weighted by atomic mass is 35.5. The maximum atomic E-state index is 12.2. The number of hydrogen-bond donors (Lipinski definition) is 0. The predicted octanol–water partition coefficient (Wildman–Crippen LogP) is 5.35. The highest BCUT2D eigenvalue weighted by Crippen LogP contribution is 2.26. The van der Waals surface area contributed by atoms with Crippen LogP contribution in [-0.4, -0.2) is 25.1 Å². The molecule has 0 unspecified atom stereocenters. The number of furan rings is 1. The van der Waals surface area contributed by atoms with E-state index in [1.165, 1.54) is 6.26 Å². The number of nitrogens with zero attached hydrogens (tertiary/aromatic N) is 1. The Morgan fingerprint density at radius 2 is 1.90 bits per heavy atom. The van der Waals surface area contributed by atoms with Gasteiger partial charge >= 0.3 is 5.97 Å². The zero-order chi connectivity index (χ0) is 21.8. The summed E-state index contributed by atoms with van der Waals surface area (Å²) in [5.41, 5.74) is 2.87. The van der Waals surface area contributed by atoms with Crippen LogP contribution in [0.15, 0.2) is 69.9 Å². The fraction of sp³-hybridized carbons (Fsp3) is 0.167. The molecule has 0 saturated heterocycles. The van der Waals surface area contributed by atoms with Crippen molar-refractivity contribution in [1.29, 1.82) is 0 Å². The van der Waals surface area contributed by atoms with Crippen molar-refractivity contribution in [3.05, 3.63) is 88.0 Å². The second-order valence-electron chi connectivity index (χ2n) is 6.96. The van der Waals surface area contributed by atoms with Crippen molar-refractivity contribution < 1.29 is 23.4 Å². The normalized spacial score (nSPS) is 14.5. The molecule has 1 aliphatic heterocycles. The van der Waals surface area contributed by atoms with Crippen LogP contribution in [0.4, 0.5) is 0 Å². The molecule has 0 radical (unpaired) electrons. The van der Waals surface area contributed by atoms with E-state index < -0.39 is 5.97 Å². The number of rotatable bonds is 7. The Balaban J connectivity index is 1.46. The van der Waals surface area contributed by atoms with Gasteiger partial charge < -0.3 is 18.6 Å². The Hall–Kier alpha value is -3.51. The molecule has 2 aromatic carbocycles. The van der Waals surface area contributed by atoms with Crippen molar-refractivity contribution in [3.8, 4) is 11.5 Å². The Kier molecular flexibility index (Phi) is 6.09. The van der Waals surface area contributed by atoms with Crippen LogP contribution in [0.1, 0.15) is 22.5 Å². The topological polar surface area (TPSA) is 70.3 Å². The largest absolute Gasteiger partial charge is 0.490 e. The molecule has 31 heavy (non-hydrogen) atoms. The summed E-state index contributed by atoms with van der Waals surface area (Å²) in [7, 11) is 0. The van der Waals surface area contributed by atoms with E-state index in [4.69, 9.17) is 30.2 Å².